The maximum Gasteiger partial charge on any atom is 2.00 e. The molecule has 0 aliphatic heterocycles. The Kier molecular flexibility index (Phi) is 10.2. The molecule has 2 aliphatic rings. The van der Waals surface area contributed by atoms with Gasteiger partial charge in [0.1, 0.15) is 6.10 Å². The van der Waals surface area contributed by atoms with Gasteiger partial charge in [-0.1, -0.05) is 34.1 Å². The van der Waals surface area contributed by atoms with Crippen LogP contribution in [0.25, 0.3) is 0 Å². The number of hydrogen-bond donors (Lipinski definition) is 0. The molecule has 0 aromatic heterocycles. The number of ether oxygens (including phenoxy) is 1. The van der Waals surface area contributed by atoms with Crippen LogP contribution in [0.1, 0.15) is 18.6 Å². The fraction of sp³-hybridized carbons (Fsp3) is 0.105. The van der Waals surface area contributed by atoms with Crippen molar-refractivity contribution in [3.8, 4) is 0 Å². The van der Waals surface area contributed by atoms with Gasteiger partial charge in [0.25, 0.3) is 0 Å². The van der Waals surface area contributed by atoms with Crippen molar-refractivity contribution in [2.24, 2.45) is 0 Å². The van der Waals surface area contributed by atoms with Crippen LogP contribution in [0.4, 0.5) is 0 Å². The smallest absolute Gasteiger partial charge is 0.457 e. The normalized spacial score (nSPS) is 18.5. The second-order valence-electron chi connectivity index (χ2n) is 4.69. The van der Waals surface area contributed by atoms with E-state index in [1.165, 1.54) is 6.92 Å². The number of carbonyl (C=O) groups is 1. The van der Waals surface area contributed by atoms with Crippen molar-refractivity contribution in [2.75, 3.05) is 0 Å². The summed E-state index contributed by atoms with van der Waals surface area (Å²) >= 11 is 3.48. The summed E-state index contributed by atoms with van der Waals surface area (Å²) in [7, 11) is 0. The summed E-state index contributed by atoms with van der Waals surface area (Å²) in [5, 5.41) is 0. The van der Waals surface area contributed by atoms with Crippen LogP contribution in [0.3, 0.4) is 0 Å². The van der Waals surface area contributed by atoms with E-state index in [2.05, 4.69) is 15.9 Å². The average molecular weight is 413 g/mol. The third kappa shape index (κ3) is 6.99. The molecule has 0 N–H and O–H groups in total. The Morgan fingerprint density at radius 2 is 1.48 bits per heavy atom. The van der Waals surface area contributed by atoms with E-state index >= 15 is 0 Å². The van der Waals surface area contributed by atoms with E-state index in [0.29, 0.717) is 0 Å². The van der Waals surface area contributed by atoms with Crippen molar-refractivity contribution < 1.29 is 26.6 Å². The van der Waals surface area contributed by atoms with Crippen LogP contribution in [0, 0.1) is 63.7 Å². The van der Waals surface area contributed by atoms with Crippen molar-refractivity contribution in [2.45, 2.75) is 13.0 Å². The minimum atomic E-state index is -0.349. The molecule has 10 radical (unpaired) electrons. The van der Waals surface area contributed by atoms with Crippen LogP contribution in [0.2, 0.25) is 0 Å². The fourth-order valence-corrected chi connectivity index (χ4v) is 2.54. The van der Waals surface area contributed by atoms with Gasteiger partial charge in [-0.2, -0.15) is 0 Å². The first-order chi connectivity index (χ1) is 10.7. The molecular weight excluding hydrogens is 396 g/mol. The predicted octanol–water partition coefficient (Wildman–Crippen LogP) is 4.48. The summed E-state index contributed by atoms with van der Waals surface area (Å²) in [6.45, 7) is 1.42. The minimum Gasteiger partial charge on any atom is -0.457 e. The van der Waals surface area contributed by atoms with Gasteiger partial charge in [0.05, 0.1) is 0 Å². The van der Waals surface area contributed by atoms with Gasteiger partial charge in [-0.15, -0.1) is 0 Å². The molecule has 3 rings (SSSR count). The third-order valence-electron chi connectivity index (χ3n) is 3.02. The minimum absolute atomic E-state index is 0. The molecule has 2 nitrogen and oxygen atoms in total. The molecule has 4 heteroatoms. The molecule has 2 fully saturated rings. The maximum absolute atomic E-state index is 11.2. The molecular formula is C19H17BrFeO2+2. The van der Waals surface area contributed by atoms with Crippen molar-refractivity contribution in [3.05, 3.63) is 98.0 Å². The molecule has 2 saturated carbocycles. The van der Waals surface area contributed by atoms with E-state index in [0.717, 1.165) is 16.0 Å². The van der Waals surface area contributed by atoms with Crippen LogP contribution in [-0.2, 0) is 26.6 Å². The molecule has 1 atom stereocenters. The van der Waals surface area contributed by atoms with Crippen LogP contribution in [-0.4, -0.2) is 5.97 Å². The number of carbonyl (C=O) groups excluding carboxylic acids is 1. The predicted molar refractivity (Wildman–Crippen MR) is 90.6 cm³/mol. The largest absolute Gasteiger partial charge is 2.00 e. The van der Waals surface area contributed by atoms with E-state index in [4.69, 9.17) is 4.74 Å². The third-order valence-corrected chi connectivity index (χ3v) is 3.74. The number of rotatable bonds is 3. The molecule has 2 aliphatic carbocycles. The van der Waals surface area contributed by atoms with Gasteiger partial charge in [-0.05, 0) is 63.9 Å². The first kappa shape index (κ1) is 20.7. The molecule has 0 bridgehead atoms. The molecule has 0 spiro atoms. The van der Waals surface area contributed by atoms with E-state index in [9.17, 15) is 4.79 Å². The summed E-state index contributed by atoms with van der Waals surface area (Å²) in [4.78, 5) is 11.2. The number of benzene rings is 1. The fourth-order valence-electron chi connectivity index (χ4n) is 2.05. The van der Waals surface area contributed by atoms with Gasteiger partial charge in [0.2, 0.25) is 0 Å². The van der Waals surface area contributed by atoms with Crippen molar-refractivity contribution in [1.29, 1.82) is 0 Å². The summed E-state index contributed by atoms with van der Waals surface area (Å²) in [6, 6.07) is 7.75. The van der Waals surface area contributed by atoms with E-state index in [1.54, 1.807) is 0 Å². The zero-order valence-electron chi connectivity index (χ0n) is 12.6. The van der Waals surface area contributed by atoms with Gasteiger partial charge in [0, 0.05) is 22.9 Å². The molecule has 1 aromatic rings. The Morgan fingerprint density at radius 3 is 1.96 bits per heavy atom. The van der Waals surface area contributed by atoms with E-state index < -0.39 is 0 Å². The Hall–Kier alpha value is -0.311. The molecule has 0 amide bonds. The SMILES string of the molecule is CC(=O)O[C@@H]([C]1[CH][CH][CH][CH]1)c1ccccc1Br.[CH]1[CH][CH][CH][CH]1.[Fe+2]. The van der Waals surface area contributed by atoms with Gasteiger partial charge in [0.15, 0.2) is 0 Å². The van der Waals surface area contributed by atoms with Crippen molar-refractivity contribution in [3.63, 3.8) is 0 Å². The van der Waals surface area contributed by atoms with Gasteiger partial charge >= 0.3 is 23.0 Å². The molecule has 23 heavy (non-hydrogen) atoms. The molecule has 118 valence electrons. The zero-order valence-corrected chi connectivity index (χ0v) is 15.3. The molecule has 0 heterocycles. The topological polar surface area (TPSA) is 26.3 Å². The van der Waals surface area contributed by atoms with E-state index in [-0.39, 0.29) is 29.1 Å². The molecule has 0 saturated heterocycles. The van der Waals surface area contributed by atoms with Gasteiger partial charge in [-0.3, -0.25) is 4.79 Å². The zero-order chi connectivity index (χ0) is 15.8. The Morgan fingerprint density at radius 1 is 0.957 bits per heavy atom. The first-order valence-electron chi connectivity index (χ1n) is 6.98. The van der Waals surface area contributed by atoms with Crippen LogP contribution in [0.5, 0.6) is 0 Å². The first-order valence-corrected chi connectivity index (χ1v) is 7.77. The van der Waals surface area contributed by atoms with Crippen LogP contribution >= 0.6 is 15.9 Å². The molecule has 0 unspecified atom stereocenters. The summed E-state index contributed by atoms with van der Waals surface area (Å²) in [5.41, 5.74) is 0.953. The number of hydrogen-bond acceptors (Lipinski definition) is 2. The number of esters is 1. The summed E-state index contributed by atoms with van der Waals surface area (Å²) in [5.74, 6) is 0.694. The van der Waals surface area contributed by atoms with Crippen molar-refractivity contribution >= 4 is 21.9 Å². The average Bonchev–Trinajstić information content (AvgIpc) is 3.21. The van der Waals surface area contributed by atoms with E-state index in [1.807, 2.05) is 82.1 Å². The quantitative estimate of drug-likeness (QED) is 0.540. The Balaban J connectivity index is 0.000000377. The number of halogens is 1. The second kappa shape index (κ2) is 11.3. The maximum atomic E-state index is 11.2. The van der Waals surface area contributed by atoms with Gasteiger partial charge in [-0.25, -0.2) is 0 Å². The van der Waals surface area contributed by atoms with Crippen LogP contribution < -0.4 is 0 Å². The van der Waals surface area contributed by atoms with Crippen molar-refractivity contribution in [1.82, 2.24) is 0 Å². The summed E-state index contributed by atoms with van der Waals surface area (Å²) < 4.78 is 6.33. The monoisotopic (exact) mass is 412 g/mol. The molecule has 1 aromatic carbocycles. The van der Waals surface area contributed by atoms with Gasteiger partial charge < -0.3 is 4.74 Å². The standard InChI is InChI=1S/C14H12BrO2.C5H5.Fe/c1-10(16)17-14(11-6-2-3-7-11)12-8-4-5-9-13(12)15;1-2-4-5-3-1;/h2-9,14H,1H3;1-5H;/q;;+2/t14-;;/m0../s1. The Bertz CT molecular complexity index is 461. The summed E-state index contributed by atoms with van der Waals surface area (Å²) in [6.07, 6.45) is 17.4. The second-order valence-corrected chi connectivity index (χ2v) is 5.55. The van der Waals surface area contributed by atoms with Crippen LogP contribution in [0.15, 0.2) is 28.7 Å². The Labute approximate surface area is 159 Å².